The number of benzene rings is 3. The van der Waals surface area contributed by atoms with E-state index in [1.807, 2.05) is 30.3 Å². The number of guanidine groups is 1. The molecule has 2 atom stereocenters. The normalized spacial score (nSPS) is 20.8. The highest BCUT2D eigenvalue weighted by Crippen LogP contribution is 2.49. The number of nitrogens with two attached hydrogens (primary N) is 1. The molecule has 1 aliphatic rings. The van der Waals surface area contributed by atoms with Gasteiger partial charge in [0.1, 0.15) is 5.75 Å². The lowest BCUT2D eigenvalue weighted by Gasteiger charge is -2.35. The van der Waals surface area contributed by atoms with E-state index in [0.717, 1.165) is 5.56 Å². The second-order valence-corrected chi connectivity index (χ2v) is 10.1. The van der Waals surface area contributed by atoms with Gasteiger partial charge in [0.05, 0.1) is 12.0 Å². The number of hydrazine groups is 1. The summed E-state index contributed by atoms with van der Waals surface area (Å²) in [6, 6.07) is 22.4. The Kier molecular flexibility index (Phi) is 5.85. The maximum Gasteiger partial charge on any atom is 0.203 e. The van der Waals surface area contributed by atoms with Gasteiger partial charge < -0.3 is 10.5 Å². The van der Waals surface area contributed by atoms with Gasteiger partial charge in [-0.2, -0.15) is 0 Å². The van der Waals surface area contributed by atoms with Crippen LogP contribution < -0.4 is 15.9 Å². The van der Waals surface area contributed by atoms with Crippen molar-refractivity contribution >= 4 is 27.4 Å². The van der Waals surface area contributed by atoms with E-state index in [2.05, 4.69) is 5.43 Å². The summed E-state index contributed by atoms with van der Waals surface area (Å²) < 4.78 is 34.0. The Morgan fingerprint density at radius 2 is 1.81 bits per heavy atom. The summed E-state index contributed by atoms with van der Waals surface area (Å²) in [5, 5.41) is 9.85. The molecule has 7 nitrogen and oxygen atoms in total. The number of sulfone groups is 1. The quantitative estimate of drug-likeness (QED) is 0.389. The minimum Gasteiger partial charge on any atom is -0.497 e. The Balaban J connectivity index is 2.02. The second kappa shape index (κ2) is 8.46. The molecular formula is C23H23ClN4O3S. The predicted molar refractivity (Wildman–Crippen MR) is 124 cm³/mol. The van der Waals surface area contributed by atoms with E-state index < -0.39 is 20.6 Å². The van der Waals surface area contributed by atoms with E-state index in [0.29, 0.717) is 16.3 Å². The highest BCUT2D eigenvalue weighted by Gasteiger charge is 2.58. The summed E-state index contributed by atoms with van der Waals surface area (Å²) in [6.07, 6.45) is 0. The smallest absolute Gasteiger partial charge is 0.203 e. The molecule has 0 aromatic heterocycles. The molecule has 0 saturated carbocycles. The van der Waals surface area contributed by atoms with Crippen LogP contribution in [0, 0.1) is 5.41 Å². The van der Waals surface area contributed by atoms with E-state index in [4.69, 9.17) is 27.5 Å². The number of hydrogen-bond acceptors (Lipinski definition) is 5. The number of rotatable bonds is 5. The average Bonchev–Trinajstić information content (AvgIpc) is 3.23. The molecule has 0 amide bonds. The van der Waals surface area contributed by atoms with Crippen molar-refractivity contribution in [2.75, 3.05) is 13.7 Å². The molecule has 1 fully saturated rings. The van der Waals surface area contributed by atoms with Gasteiger partial charge in [-0.1, -0.05) is 60.1 Å². The Morgan fingerprint density at radius 1 is 1.12 bits per heavy atom. The van der Waals surface area contributed by atoms with Gasteiger partial charge in [0.2, 0.25) is 15.8 Å². The van der Waals surface area contributed by atoms with Crippen LogP contribution in [0.15, 0.2) is 83.8 Å². The minimum absolute atomic E-state index is 0.0885. The van der Waals surface area contributed by atoms with Crippen molar-refractivity contribution in [2.24, 2.45) is 5.73 Å². The lowest BCUT2D eigenvalue weighted by Crippen LogP contribution is -2.53. The third-order valence-corrected chi connectivity index (χ3v) is 8.28. The molecule has 3 aromatic carbocycles. The SMILES string of the molecule is COc1cccc(S(=O)(=O)C2(c3ccc(Cl)cc3)NN(C(=N)N)CC2c2ccccc2)c1. The standard InChI is InChI=1S/C23H23ClN4O3S/c1-31-19-8-5-9-20(14-19)32(29,30)23(17-10-12-18(24)13-11-17)21(15-28(27-23)22(25)26)16-6-3-2-4-7-16/h2-14,21,27H,15H2,1H3,(H3,25,26). The molecule has 1 aliphatic heterocycles. The number of nitrogens with one attached hydrogen (secondary N) is 2. The zero-order valence-corrected chi connectivity index (χ0v) is 18.9. The zero-order valence-electron chi connectivity index (χ0n) is 17.3. The van der Waals surface area contributed by atoms with Crippen LogP contribution in [-0.4, -0.2) is 33.0 Å². The summed E-state index contributed by atoms with van der Waals surface area (Å²) in [4.78, 5) is -1.55. The van der Waals surface area contributed by atoms with Gasteiger partial charge in [0.15, 0.2) is 4.87 Å². The number of halogens is 1. The van der Waals surface area contributed by atoms with E-state index in [1.165, 1.54) is 24.3 Å². The first-order valence-electron chi connectivity index (χ1n) is 9.88. The molecule has 0 radical (unpaired) electrons. The highest BCUT2D eigenvalue weighted by atomic mass is 35.5. The molecule has 0 spiro atoms. The fourth-order valence-corrected chi connectivity index (χ4v) is 6.43. The fourth-order valence-electron chi connectivity index (χ4n) is 4.14. The number of methoxy groups -OCH3 is 1. The molecule has 4 N–H and O–H groups in total. The molecule has 3 aromatic rings. The van der Waals surface area contributed by atoms with Crippen LogP contribution in [0.1, 0.15) is 17.0 Å². The van der Waals surface area contributed by atoms with Gasteiger partial charge in [-0.05, 0) is 41.5 Å². The number of hydrogen-bond donors (Lipinski definition) is 3. The molecule has 1 saturated heterocycles. The van der Waals surface area contributed by atoms with Crippen molar-refractivity contribution in [3.8, 4) is 5.75 Å². The van der Waals surface area contributed by atoms with Crippen molar-refractivity contribution in [1.82, 2.24) is 10.4 Å². The third-order valence-electron chi connectivity index (χ3n) is 5.70. The average molecular weight is 471 g/mol. The van der Waals surface area contributed by atoms with Gasteiger partial charge in [-0.25, -0.2) is 13.8 Å². The van der Waals surface area contributed by atoms with Gasteiger partial charge in [0, 0.05) is 17.5 Å². The van der Waals surface area contributed by atoms with Crippen LogP contribution >= 0.6 is 11.6 Å². The zero-order chi connectivity index (χ0) is 22.9. The lowest BCUT2D eigenvalue weighted by atomic mass is 9.88. The van der Waals surface area contributed by atoms with E-state index in [-0.39, 0.29) is 17.4 Å². The Morgan fingerprint density at radius 3 is 2.44 bits per heavy atom. The van der Waals surface area contributed by atoms with E-state index in [9.17, 15) is 8.42 Å². The Labute approximate surface area is 192 Å². The first-order chi connectivity index (χ1) is 15.3. The van der Waals surface area contributed by atoms with Gasteiger partial charge in [0.25, 0.3) is 0 Å². The molecule has 9 heteroatoms. The maximum absolute atomic E-state index is 14.4. The Bertz CT molecular complexity index is 1240. The summed E-state index contributed by atoms with van der Waals surface area (Å²) in [5.41, 5.74) is 10.2. The first kappa shape index (κ1) is 22.1. The van der Waals surface area contributed by atoms with Crippen molar-refractivity contribution in [3.05, 3.63) is 95.0 Å². The van der Waals surface area contributed by atoms with Crippen molar-refractivity contribution < 1.29 is 13.2 Å². The van der Waals surface area contributed by atoms with Gasteiger partial charge >= 0.3 is 0 Å². The van der Waals surface area contributed by atoms with Crippen LogP contribution in [0.2, 0.25) is 5.02 Å². The monoisotopic (exact) mass is 470 g/mol. The molecule has 32 heavy (non-hydrogen) atoms. The van der Waals surface area contributed by atoms with Crippen molar-refractivity contribution in [2.45, 2.75) is 15.7 Å². The topological polar surface area (TPSA) is 109 Å². The van der Waals surface area contributed by atoms with Gasteiger partial charge in [-0.15, -0.1) is 0 Å². The second-order valence-electron chi connectivity index (χ2n) is 7.50. The summed E-state index contributed by atoms with van der Waals surface area (Å²) >= 11 is 6.12. The largest absolute Gasteiger partial charge is 0.497 e. The first-order valence-corrected chi connectivity index (χ1v) is 11.7. The highest BCUT2D eigenvalue weighted by molar-refractivity contribution is 7.92. The molecule has 0 aliphatic carbocycles. The van der Waals surface area contributed by atoms with E-state index in [1.54, 1.807) is 36.4 Å². The molecular weight excluding hydrogens is 448 g/mol. The van der Waals surface area contributed by atoms with Crippen LogP contribution in [0.4, 0.5) is 0 Å². The molecule has 1 heterocycles. The number of ether oxygens (including phenoxy) is 1. The lowest BCUT2D eigenvalue weighted by molar-refractivity contribution is 0.335. The molecule has 0 bridgehead atoms. The number of nitrogens with zero attached hydrogens (tertiary/aromatic N) is 1. The summed E-state index contributed by atoms with van der Waals surface area (Å²) in [5.74, 6) is -0.428. The molecule has 166 valence electrons. The van der Waals surface area contributed by atoms with Crippen LogP contribution in [0.3, 0.4) is 0 Å². The molecule has 2 unspecified atom stereocenters. The van der Waals surface area contributed by atoms with Crippen LogP contribution in [0.5, 0.6) is 5.75 Å². The van der Waals surface area contributed by atoms with Crippen LogP contribution in [-0.2, 0) is 14.7 Å². The third kappa shape index (κ3) is 3.60. The Hall–Kier alpha value is -3.07. The predicted octanol–water partition coefficient (Wildman–Crippen LogP) is 3.47. The van der Waals surface area contributed by atoms with Crippen molar-refractivity contribution in [1.29, 1.82) is 5.41 Å². The van der Waals surface area contributed by atoms with Crippen molar-refractivity contribution in [3.63, 3.8) is 0 Å². The summed E-state index contributed by atoms with van der Waals surface area (Å²) in [7, 11) is -2.61. The van der Waals surface area contributed by atoms with Crippen LogP contribution in [0.25, 0.3) is 0 Å². The maximum atomic E-state index is 14.4. The van der Waals surface area contributed by atoms with E-state index >= 15 is 0 Å². The summed E-state index contributed by atoms with van der Waals surface area (Å²) in [6.45, 7) is 0.186. The molecule has 4 rings (SSSR count). The fraction of sp³-hybridized carbons (Fsp3) is 0.174. The van der Waals surface area contributed by atoms with Gasteiger partial charge in [-0.3, -0.25) is 10.4 Å². The minimum atomic E-state index is -4.09.